The molecule has 0 aliphatic carbocycles. The first kappa shape index (κ1) is 11.0. The molecule has 0 N–H and O–H groups in total. The molecular weight excluding hydrogens is 222 g/mol. The molecule has 0 aliphatic heterocycles. The molecule has 2 heterocycles. The summed E-state index contributed by atoms with van der Waals surface area (Å²) in [6.45, 7) is 2.15. The first-order chi connectivity index (χ1) is 7.75. The van der Waals surface area contributed by atoms with Gasteiger partial charge in [-0.2, -0.15) is 0 Å². The number of nitrogens with zero attached hydrogens (tertiary/aromatic N) is 3. The van der Waals surface area contributed by atoms with Crippen molar-refractivity contribution in [3.63, 3.8) is 0 Å². The van der Waals surface area contributed by atoms with Crippen molar-refractivity contribution in [1.29, 1.82) is 0 Å². The smallest absolute Gasteiger partial charge is 0.128 e. The topological polar surface area (TPSA) is 38.7 Å². The maximum Gasteiger partial charge on any atom is 0.128 e. The third kappa shape index (κ3) is 2.76. The number of rotatable bonds is 3. The summed E-state index contributed by atoms with van der Waals surface area (Å²) in [5.41, 5.74) is 1.24. The maximum atomic E-state index is 5.73. The number of pyridine rings is 1. The summed E-state index contributed by atoms with van der Waals surface area (Å²) in [5, 5.41) is 0.570. The lowest BCUT2D eigenvalue weighted by Crippen LogP contribution is -2.02. The second-order valence-electron chi connectivity index (χ2n) is 3.70. The molecule has 2 aromatic rings. The monoisotopic (exact) mass is 233 g/mol. The molecule has 4 heteroatoms. The molecule has 0 amide bonds. The maximum absolute atomic E-state index is 5.73. The van der Waals surface area contributed by atoms with Crippen LogP contribution in [0.1, 0.15) is 24.2 Å². The van der Waals surface area contributed by atoms with Crippen molar-refractivity contribution >= 4 is 11.6 Å². The van der Waals surface area contributed by atoms with Crippen LogP contribution >= 0.6 is 11.6 Å². The second kappa shape index (κ2) is 5.03. The molecule has 82 valence electrons. The number of hydrogen-bond donors (Lipinski definition) is 0. The second-order valence-corrected chi connectivity index (χ2v) is 4.14. The molecule has 0 saturated heterocycles. The van der Waals surface area contributed by atoms with Crippen LogP contribution in [-0.2, 0) is 6.42 Å². The Kier molecular flexibility index (Phi) is 3.47. The fraction of sp³-hybridized carbons (Fsp3) is 0.250. The van der Waals surface area contributed by atoms with Crippen LogP contribution in [0.4, 0.5) is 0 Å². The van der Waals surface area contributed by atoms with Gasteiger partial charge in [0, 0.05) is 31.2 Å². The third-order valence-electron chi connectivity index (χ3n) is 2.44. The Hall–Kier alpha value is -1.48. The number of aromatic nitrogens is 3. The molecule has 0 fully saturated rings. The van der Waals surface area contributed by atoms with Crippen LogP contribution in [0.2, 0.25) is 5.02 Å². The minimum absolute atomic E-state index is 0.379. The van der Waals surface area contributed by atoms with E-state index in [1.54, 1.807) is 24.8 Å². The van der Waals surface area contributed by atoms with Crippen molar-refractivity contribution in [3.8, 4) is 0 Å². The molecule has 0 saturated carbocycles. The lowest BCUT2D eigenvalue weighted by atomic mass is 9.99. The summed E-state index contributed by atoms with van der Waals surface area (Å²) < 4.78 is 0. The van der Waals surface area contributed by atoms with Gasteiger partial charge < -0.3 is 0 Å². The quantitative estimate of drug-likeness (QED) is 0.818. The summed E-state index contributed by atoms with van der Waals surface area (Å²) >= 11 is 5.73. The van der Waals surface area contributed by atoms with Gasteiger partial charge in [0.1, 0.15) is 5.82 Å². The van der Waals surface area contributed by atoms with Crippen molar-refractivity contribution in [2.75, 3.05) is 0 Å². The molecule has 1 unspecified atom stereocenters. The third-order valence-corrected chi connectivity index (χ3v) is 2.63. The average molecular weight is 234 g/mol. The largest absolute Gasteiger partial charge is 0.265 e. The van der Waals surface area contributed by atoms with Crippen molar-refractivity contribution < 1.29 is 0 Å². The van der Waals surface area contributed by atoms with Crippen LogP contribution in [-0.4, -0.2) is 15.0 Å². The van der Waals surface area contributed by atoms with E-state index in [9.17, 15) is 0 Å². The SMILES string of the molecule is CC(Cc1ncc(Cl)cn1)c1ccncc1. The van der Waals surface area contributed by atoms with E-state index in [1.165, 1.54) is 5.56 Å². The predicted octanol–water partition coefficient (Wildman–Crippen LogP) is 2.87. The van der Waals surface area contributed by atoms with Crippen LogP contribution in [0.5, 0.6) is 0 Å². The van der Waals surface area contributed by atoms with Gasteiger partial charge in [-0.05, 0) is 23.6 Å². The highest BCUT2D eigenvalue weighted by molar-refractivity contribution is 6.30. The molecule has 0 radical (unpaired) electrons. The van der Waals surface area contributed by atoms with E-state index < -0.39 is 0 Å². The highest BCUT2D eigenvalue weighted by Gasteiger charge is 2.07. The van der Waals surface area contributed by atoms with Crippen molar-refractivity contribution in [1.82, 2.24) is 15.0 Å². The van der Waals surface area contributed by atoms with E-state index in [0.29, 0.717) is 10.9 Å². The van der Waals surface area contributed by atoms with E-state index in [-0.39, 0.29) is 0 Å². The molecule has 3 nitrogen and oxygen atoms in total. The molecule has 16 heavy (non-hydrogen) atoms. The Balaban J connectivity index is 2.08. The van der Waals surface area contributed by atoms with Gasteiger partial charge in [-0.25, -0.2) is 9.97 Å². The fourth-order valence-electron chi connectivity index (χ4n) is 1.53. The normalized spacial score (nSPS) is 12.4. The zero-order chi connectivity index (χ0) is 11.4. The van der Waals surface area contributed by atoms with Gasteiger partial charge in [-0.15, -0.1) is 0 Å². The first-order valence-corrected chi connectivity index (χ1v) is 5.50. The predicted molar refractivity (Wildman–Crippen MR) is 63.4 cm³/mol. The minimum Gasteiger partial charge on any atom is -0.265 e. The molecule has 0 bridgehead atoms. The summed E-state index contributed by atoms with van der Waals surface area (Å²) in [7, 11) is 0. The Morgan fingerprint density at radius 3 is 2.44 bits per heavy atom. The molecule has 0 aromatic carbocycles. The highest BCUT2D eigenvalue weighted by Crippen LogP contribution is 2.17. The van der Waals surface area contributed by atoms with E-state index in [4.69, 9.17) is 11.6 Å². The van der Waals surface area contributed by atoms with Gasteiger partial charge in [-0.1, -0.05) is 18.5 Å². The Morgan fingerprint density at radius 2 is 1.81 bits per heavy atom. The highest BCUT2D eigenvalue weighted by atomic mass is 35.5. The molecule has 2 rings (SSSR count). The van der Waals surface area contributed by atoms with E-state index in [1.807, 2.05) is 12.1 Å². The molecule has 0 aliphatic rings. The molecular formula is C12H12ClN3. The Labute approximate surface area is 99.5 Å². The molecule has 2 aromatic heterocycles. The van der Waals surface area contributed by atoms with Crippen LogP contribution in [0.3, 0.4) is 0 Å². The van der Waals surface area contributed by atoms with Gasteiger partial charge in [0.2, 0.25) is 0 Å². The standard InChI is InChI=1S/C12H12ClN3/c1-9(10-2-4-14-5-3-10)6-12-15-7-11(13)8-16-12/h2-5,7-9H,6H2,1H3. The van der Waals surface area contributed by atoms with Crippen LogP contribution in [0.25, 0.3) is 0 Å². The summed E-state index contributed by atoms with van der Waals surface area (Å²) in [4.78, 5) is 12.4. The van der Waals surface area contributed by atoms with Crippen molar-refractivity contribution in [2.45, 2.75) is 19.3 Å². The van der Waals surface area contributed by atoms with E-state index in [2.05, 4.69) is 21.9 Å². The van der Waals surface area contributed by atoms with Crippen molar-refractivity contribution in [3.05, 3.63) is 53.3 Å². The van der Waals surface area contributed by atoms with E-state index >= 15 is 0 Å². The zero-order valence-electron chi connectivity index (χ0n) is 8.97. The first-order valence-electron chi connectivity index (χ1n) is 5.12. The summed E-state index contributed by atoms with van der Waals surface area (Å²) in [5.74, 6) is 1.19. The average Bonchev–Trinajstić information content (AvgIpc) is 2.33. The number of hydrogen-bond acceptors (Lipinski definition) is 3. The van der Waals surface area contributed by atoms with Crippen LogP contribution in [0, 0.1) is 0 Å². The van der Waals surface area contributed by atoms with Gasteiger partial charge in [-0.3, -0.25) is 4.98 Å². The molecule has 1 atom stereocenters. The fourth-order valence-corrected chi connectivity index (χ4v) is 1.63. The molecule has 0 spiro atoms. The zero-order valence-corrected chi connectivity index (χ0v) is 9.72. The lowest BCUT2D eigenvalue weighted by molar-refractivity contribution is 0.716. The van der Waals surface area contributed by atoms with Crippen LogP contribution < -0.4 is 0 Å². The summed E-state index contributed by atoms with van der Waals surface area (Å²) in [6, 6.07) is 4.03. The van der Waals surface area contributed by atoms with Gasteiger partial charge in [0.25, 0.3) is 0 Å². The van der Waals surface area contributed by atoms with Crippen molar-refractivity contribution in [2.24, 2.45) is 0 Å². The Morgan fingerprint density at radius 1 is 1.19 bits per heavy atom. The van der Waals surface area contributed by atoms with Gasteiger partial charge in [0.15, 0.2) is 0 Å². The minimum atomic E-state index is 0.379. The number of halogens is 1. The van der Waals surface area contributed by atoms with E-state index in [0.717, 1.165) is 12.2 Å². The van der Waals surface area contributed by atoms with Gasteiger partial charge >= 0.3 is 0 Å². The van der Waals surface area contributed by atoms with Gasteiger partial charge in [0.05, 0.1) is 5.02 Å². The lowest BCUT2D eigenvalue weighted by Gasteiger charge is -2.09. The Bertz CT molecular complexity index is 442. The summed E-state index contributed by atoms with van der Waals surface area (Å²) in [6.07, 6.45) is 7.66. The van der Waals surface area contributed by atoms with Crippen LogP contribution in [0.15, 0.2) is 36.9 Å².